The summed E-state index contributed by atoms with van der Waals surface area (Å²) in [7, 11) is -4.45. The molecular weight excluding hydrogens is 362 g/mol. The van der Waals surface area contributed by atoms with E-state index in [9.17, 15) is 16.8 Å². The third-order valence-electron chi connectivity index (χ3n) is 3.95. The summed E-state index contributed by atoms with van der Waals surface area (Å²) in [5.41, 5.74) is 5.69. The number of hydrogen-bond donors (Lipinski definition) is 2. The van der Waals surface area contributed by atoms with E-state index in [1.54, 1.807) is 0 Å². The number of halogens is 1. The van der Waals surface area contributed by atoms with Crippen molar-refractivity contribution in [3.05, 3.63) is 24.3 Å². The minimum atomic E-state index is -3.69. The highest BCUT2D eigenvalue weighted by atomic mass is 35.5. The molecule has 0 amide bonds. The Balaban J connectivity index is 0.00000264. The van der Waals surface area contributed by atoms with Crippen molar-refractivity contribution in [2.24, 2.45) is 11.7 Å². The van der Waals surface area contributed by atoms with Crippen LogP contribution in [0.15, 0.2) is 34.1 Å². The molecule has 10 heteroatoms. The molecule has 23 heavy (non-hydrogen) atoms. The first kappa shape index (κ1) is 20.3. The third kappa shape index (κ3) is 4.23. The lowest BCUT2D eigenvalue weighted by atomic mass is 10.2. The monoisotopic (exact) mass is 383 g/mol. The van der Waals surface area contributed by atoms with Gasteiger partial charge in [-0.15, -0.1) is 12.4 Å². The molecule has 3 N–H and O–H groups in total. The Morgan fingerprint density at radius 1 is 1.17 bits per heavy atom. The largest absolute Gasteiger partial charge is 0.329 e. The van der Waals surface area contributed by atoms with Crippen molar-refractivity contribution < 1.29 is 16.8 Å². The van der Waals surface area contributed by atoms with Crippen LogP contribution in [0.5, 0.6) is 0 Å². The Morgan fingerprint density at radius 2 is 1.65 bits per heavy atom. The van der Waals surface area contributed by atoms with E-state index in [1.807, 2.05) is 0 Å². The molecule has 1 aliphatic carbocycles. The molecule has 0 aliphatic heterocycles. The van der Waals surface area contributed by atoms with Crippen molar-refractivity contribution >= 4 is 32.5 Å². The molecule has 1 aromatic rings. The SMILES string of the molecule is CNS(=O)(=O)c1ccc(S(=O)(=O)N(C)C(CN)C2CC2)cc1.Cl. The van der Waals surface area contributed by atoms with Crippen LogP contribution in [0, 0.1) is 5.92 Å². The molecule has 1 aliphatic rings. The normalized spacial score (nSPS) is 16.9. The molecule has 0 spiro atoms. The maximum Gasteiger partial charge on any atom is 0.243 e. The van der Waals surface area contributed by atoms with Gasteiger partial charge in [-0.1, -0.05) is 0 Å². The van der Waals surface area contributed by atoms with Gasteiger partial charge in [0, 0.05) is 19.6 Å². The van der Waals surface area contributed by atoms with Gasteiger partial charge in [-0.2, -0.15) is 4.31 Å². The van der Waals surface area contributed by atoms with Gasteiger partial charge in [-0.3, -0.25) is 0 Å². The average molecular weight is 384 g/mol. The number of sulfonamides is 2. The van der Waals surface area contributed by atoms with Crippen molar-refractivity contribution in [1.29, 1.82) is 0 Å². The summed E-state index contributed by atoms with van der Waals surface area (Å²) in [6.07, 6.45) is 1.97. The maximum atomic E-state index is 12.6. The number of likely N-dealkylation sites (N-methyl/N-ethyl adjacent to an activating group) is 1. The van der Waals surface area contributed by atoms with Crippen molar-refractivity contribution in [1.82, 2.24) is 9.03 Å². The zero-order valence-corrected chi connectivity index (χ0v) is 15.4. The van der Waals surface area contributed by atoms with Crippen LogP contribution < -0.4 is 10.5 Å². The quantitative estimate of drug-likeness (QED) is 0.707. The number of nitrogens with zero attached hydrogens (tertiary/aromatic N) is 1. The average Bonchev–Trinajstić information content (AvgIpc) is 3.33. The minimum Gasteiger partial charge on any atom is -0.329 e. The van der Waals surface area contributed by atoms with Crippen LogP contribution in [0.1, 0.15) is 12.8 Å². The van der Waals surface area contributed by atoms with Gasteiger partial charge in [-0.05, 0) is 50.1 Å². The molecule has 0 radical (unpaired) electrons. The lowest BCUT2D eigenvalue weighted by Gasteiger charge is -2.26. The summed E-state index contributed by atoms with van der Waals surface area (Å²) in [6.45, 7) is 0.270. The second kappa shape index (κ2) is 7.45. The van der Waals surface area contributed by atoms with Crippen LogP contribution >= 0.6 is 12.4 Å². The highest BCUT2D eigenvalue weighted by Gasteiger charge is 2.38. The molecule has 1 saturated carbocycles. The highest BCUT2D eigenvalue weighted by molar-refractivity contribution is 7.89. The first-order valence-electron chi connectivity index (χ1n) is 6.95. The molecule has 7 nitrogen and oxygen atoms in total. The fourth-order valence-electron chi connectivity index (χ4n) is 2.37. The van der Waals surface area contributed by atoms with Gasteiger partial charge in [-0.25, -0.2) is 21.6 Å². The number of nitrogens with two attached hydrogens (primary N) is 1. The zero-order valence-electron chi connectivity index (χ0n) is 13.0. The van der Waals surface area contributed by atoms with Crippen LogP contribution in [0.25, 0.3) is 0 Å². The van der Waals surface area contributed by atoms with Crippen LogP contribution in [0.4, 0.5) is 0 Å². The van der Waals surface area contributed by atoms with Gasteiger partial charge >= 0.3 is 0 Å². The number of hydrogen-bond acceptors (Lipinski definition) is 5. The van der Waals surface area contributed by atoms with E-state index in [0.29, 0.717) is 5.92 Å². The Morgan fingerprint density at radius 3 is 2.04 bits per heavy atom. The van der Waals surface area contributed by atoms with Gasteiger partial charge in [0.05, 0.1) is 9.79 Å². The van der Waals surface area contributed by atoms with E-state index in [0.717, 1.165) is 12.8 Å². The number of benzene rings is 1. The lowest BCUT2D eigenvalue weighted by Crippen LogP contribution is -2.43. The van der Waals surface area contributed by atoms with Crippen LogP contribution in [0.3, 0.4) is 0 Å². The van der Waals surface area contributed by atoms with Crippen molar-refractivity contribution in [2.75, 3.05) is 20.6 Å². The van der Waals surface area contributed by atoms with Gasteiger partial charge in [0.25, 0.3) is 0 Å². The van der Waals surface area contributed by atoms with E-state index in [2.05, 4.69) is 4.72 Å². The van der Waals surface area contributed by atoms with E-state index >= 15 is 0 Å². The predicted molar refractivity (Wildman–Crippen MR) is 90.5 cm³/mol. The summed E-state index contributed by atoms with van der Waals surface area (Å²) >= 11 is 0. The topological polar surface area (TPSA) is 110 Å². The van der Waals surface area contributed by atoms with E-state index < -0.39 is 20.0 Å². The second-order valence-electron chi connectivity index (χ2n) is 5.34. The third-order valence-corrected chi connectivity index (χ3v) is 7.28. The fraction of sp³-hybridized carbons (Fsp3) is 0.538. The van der Waals surface area contributed by atoms with Gasteiger partial charge < -0.3 is 5.73 Å². The predicted octanol–water partition coefficient (Wildman–Crippen LogP) is 0.374. The molecule has 1 aromatic carbocycles. The summed E-state index contributed by atoms with van der Waals surface area (Å²) in [5.74, 6) is 0.314. The number of rotatable bonds is 7. The van der Waals surface area contributed by atoms with Crippen LogP contribution in [0.2, 0.25) is 0 Å². The standard InChI is InChI=1S/C13H21N3O4S2.ClH/c1-15-21(17,18)11-5-7-12(8-6-11)22(19,20)16(2)13(9-14)10-3-4-10;/h5-8,10,13,15H,3-4,9,14H2,1-2H3;1H. The summed E-state index contributed by atoms with van der Waals surface area (Å²) in [4.78, 5) is 0.0818. The Bertz CT molecular complexity index is 731. The van der Waals surface area contributed by atoms with E-state index in [-0.39, 0.29) is 34.8 Å². The lowest BCUT2D eigenvalue weighted by molar-refractivity contribution is 0.340. The van der Waals surface area contributed by atoms with Crippen LogP contribution in [-0.2, 0) is 20.0 Å². The molecular formula is C13H22ClN3O4S2. The Labute approximate surface area is 143 Å². The zero-order chi connectivity index (χ0) is 16.5. The molecule has 1 unspecified atom stereocenters. The number of nitrogens with one attached hydrogen (secondary N) is 1. The molecule has 0 aromatic heterocycles. The molecule has 132 valence electrons. The second-order valence-corrected chi connectivity index (χ2v) is 9.22. The van der Waals surface area contributed by atoms with Gasteiger partial charge in [0.1, 0.15) is 0 Å². The van der Waals surface area contributed by atoms with Gasteiger partial charge in [0.2, 0.25) is 20.0 Å². The van der Waals surface area contributed by atoms with Crippen molar-refractivity contribution in [2.45, 2.75) is 28.7 Å². The van der Waals surface area contributed by atoms with Crippen molar-refractivity contribution in [3.8, 4) is 0 Å². The Kier molecular flexibility index (Phi) is 6.59. The highest BCUT2D eigenvalue weighted by Crippen LogP contribution is 2.36. The smallest absolute Gasteiger partial charge is 0.243 e. The summed E-state index contributed by atoms with van der Waals surface area (Å²) in [6, 6.07) is 4.95. The van der Waals surface area contributed by atoms with Crippen LogP contribution in [-0.4, -0.2) is 47.8 Å². The molecule has 1 atom stereocenters. The first-order chi connectivity index (χ1) is 10.2. The maximum absolute atomic E-state index is 12.6. The molecule has 0 saturated heterocycles. The Hall–Kier alpha value is -0.710. The van der Waals surface area contributed by atoms with Gasteiger partial charge in [0.15, 0.2) is 0 Å². The summed E-state index contributed by atoms with van der Waals surface area (Å²) in [5, 5.41) is 0. The van der Waals surface area contributed by atoms with Crippen molar-refractivity contribution in [3.63, 3.8) is 0 Å². The minimum absolute atomic E-state index is 0. The molecule has 0 bridgehead atoms. The first-order valence-corrected chi connectivity index (χ1v) is 9.88. The molecule has 0 heterocycles. The van der Waals surface area contributed by atoms with E-state index in [4.69, 9.17) is 5.73 Å². The molecule has 2 rings (SSSR count). The summed E-state index contributed by atoms with van der Waals surface area (Å²) < 4.78 is 52.0. The molecule has 1 fully saturated rings. The fourth-order valence-corrected chi connectivity index (χ4v) is 4.53. The van der Waals surface area contributed by atoms with E-state index in [1.165, 1.54) is 42.7 Å².